The Balaban J connectivity index is 3.12. The Labute approximate surface area is 65.6 Å². The summed E-state index contributed by atoms with van der Waals surface area (Å²) in [6.45, 7) is 1.91. The molecule has 0 saturated heterocycles. The van der Waals surface area contributed by atoms with Gasteiger partial charge in [0, 0.05) is 11.8 Å². The molecule has 1 aromatic heterocycles. The second kappa shape index (κ2) is 3.04. The summed E-state index contributed by atoms with van der Waals surface area (Å²) in [7, 11) is 0. The monoisotopic (exact) mass is 147 g/mol. The Morgan fingerprint density at radius 3 is 2.91 bits per heavy atom. The molecule has 3 nitrogen and oxygen atoms in total. The number of nitrogens with two attached hydrogens (primary N) is 1. The molecule has 0 atom stereocenters. The number of rotatable bonds is 1. The highest BCUT2D eigenvalue weighted by Crippen LogP contribution is 2.08. The SMILES string of the molecule is C#Cc1cnc(NN)cc1C. The van der Waals surface area contributed by atoms with Crippen molar-refractivity contribution in [3.63, 3.8) is 0 Å². The zero-order chi connectivity index (χ0) is 8.27. The predicted molar refractivity (Wildman–Crippen MR) is 44.7 cm³/mol. The molecule has 0 aliphatic heterocycles. The molecule has 0 amide bonds. The van der Waals surface area contributed by atoms with Crippen LogP contribution in [-0.2, 0) is 0 Å². The molecule has 0 aliphatic carbocycles. The maximum Gasteiger partial charge on any atom is 0.140 e. The molecule has 0 aliphatic rings. The number of nitrogens with zero attached hydrogens (tertiary/aromatic N) is 1. The summed E-state index contributed by atoms with van der Waals surface area (Å²) >= 11 is 0. The minimum atomic E-state index is 0.626. The summed E-state index contributed by atoms with van der Waals surface area (Å²) in [5.41, 5.74) is 4.23. The minimum absolute atomic E-state index is 0.626. The zero-order valence-electron chi connectivity index (χ0n) is 6.26. The fraction of sp³-hybridized carbons (Fsp3) is 0.125. The van der Waals surface area contributed by atoms with Gasteiger partial charge in [-0.1, -0.05) is 5.92 Å². The zero-order valence-corrected chi connectivity index (χ0v) is 6.26. The van der Waals surface area contributed by atoms with Crippen molar-refractivity contribution in [2.75, 3.05) is 5.43 Å². The number of hydrogen-bond donors (Lipinski definition) is 2. The fourth-order valence-electron chi connectivity index (χ4n) is 0.786. The van der Waals surface area contributed by atoms with E-state index in [1.165, 1.54) is 0 Å². The molecule has 0 fully saturated rings. The lowest BCUT2D eigenvalue weighted by Gasteiger charge is -2.00. The molecule has 0 spiro atoms. The van der Waals surface area contributed by atoms with Gasteiger partial charge in [-0.05, 0) is 18.6 Å². The summed E-state index contributed by atoms with van der Waals surface area (Å²) in [6, 6.07) is 1.80. The first-order valence-corrected chi connectivity index (χ1v) is 3.18. The van der Waals surface area contributed by atoms with Crippen LogP contribution in [0.5, 0.6) is 0 Å². The van der Waals surface area contributed by atoms with Crippen LogP contribution >= 0.6 is 0 Å². The number of hydrogen-bond acceptors (Lipinski definition) is 3. The molecule has 0 aromatic carbocycles. The molecule has 0 saturated carbocycles. The lowest BCUT2D eigenvalue weighted by Crippen LogP contribution is -2.08. The van der Waals surface area contributed by atoms with E-state index in [0.717, 1.165) is 11.1 Å². The normalized spacial score (nSPS) is 8.82. The molecule has 1 rings (SSSR count). The molecule has 11 heavy (non-hydrogen) atoms. The molecular weight excluding hydrogens is 138 g/mol. The van der Waals surface area contributed by atoms with E-state index in [1.807, 2.05) is 6.92 Å². The second-order valence-electron chi connectivity index (χ2n) is 2.17. The van der Waals surface area contributed by atoms with Gasteiger partial charge in [0.15, 0.2) is 0 Å². The first kappa shape index (κ1) is 7.58. The van der Waals surface area contributed by atoms with Crippen LogP contribution in [-0.4, -0.2) is 4.98 Å². The molecule has 3 N–H and O–H groups in total. The Hall–Kier alpha value is -1.53. The van der Waals surface area contributed by atoms with Crippen LogP contribution in [0, 0.1) is 19.3 Å². The van der Waals surface area contributed by atoms with Gasteiger partial charge in [-0.15, -0.1) is 6.42 Å². The second-order valence-corrected chi connectivity index (χ2v) is 2.17. The highest BCUT2D eigenvalue weighted by Gasteiger charge is 1.95. The van der Waals surface area contributed by atoms with Crippen LogP contribution in [0.15, 0.2) is 12.3 Å². The summed E-state index contributed by atoms with van der Waals surface area (Å²) in [4.78, 5) is 3.95. The van der Waals surface area contributed by atoms with Gasteiger partial charge >= 0.3 is 0 Å². The van der Waals surface area contributed by atoms with Crippen LogP contribution in [0.2, 0.25) is 0 Å². The summed E-state index contributed by atoms with van der Waals surface area (Å²) in [5, 5.41) is 0. The van der Waals surface area contributed by atoms with E-state index in [-0.39, 0.29) is 0 Å². The highest BCUT2D eigenvalue weighted by atomic mass is 15.2. The topological polar surface area (TPSA) is 50.9 Å². The van der Waals surface area contributed by atoms with Crippen molar-refractivity contribution in [3.8, 4) is 12.3 Å². The van der Waals surface area contributed by atoms with E-state index in [1.54, 1.807) is 12.3 Å². The summed E-state index contributed by atoms with van der Waals surface area (Å²) in [6.07, 6.45) is 6.82. The van der Waals surface area contributed by atoms with Crippen LogP contribution in [0.4, 0.5) is 5.82 Å². The quantitative estimate of drug-likeness (QED) is 0.348. The smallest absolute Gasteiger partial charge is 0.140 e. The van der Waals surface area contributed by atoms with E-state index in [0.29, 0.717) is 5.82 Å². The number of terminal acetylenes is 1. The lowest BCUT2D eigenvalue weighted by molar-refractivity contribution is 1.20. The Kier molecular flexibility index (Phi) is 2.09. The minimum Gasteiger partial charge on any atom is -0.308 e. The largest absolute Gasteiger partial charge is 0.308 e. The molecule has 1 aromatic rings. The third-order valence-electron chi connectivity index (χ3n) is 1.41. The molecule has 0 bridgehead atoms. The first-order chi connectivity index (χ1) is 5.27. The van der Waals surface area contributed by atoms with E-state index < -0.39 is 0 Å². The fourth-order valence-corrected chi connectivity index (χ4v) is 0.786. The van der Waals surface area contributed by atoms with Gasteiger partial charge in [0.2, 0.25) is 0 Å². The van der Waals surface area contributed by atoms with Gasteiger partial charge in [0.25, 0.3) is 0 Å². The highest BCUT2D eigenvalue weighted by molar-refractivity contribution is 5.45. The Morgan fingerprint density at radius 2 is 2.45 bits per heavy atom. The number of hydrazine groups is 1. The van der Waals surface area contributed by atoms with Gasteiger partial charge < -0.3 is 5.43 Å². The van der Waals surface area contributed by atoms with Gasteiger partial charge in [-0.2, -0.15) is 0 Å². The van der Waals surface area contributed by atoms with Crippen molar-refractivity contribution in [1.29, 1.82) is 0 Å². The van der Waals surface area contributed by atoms with Gasteiger partial charge in [0.1, 0.15) is 5.82 Å². The Morgan fingerprint density at radius 1 is 1.73 bits per heavy atom. The molecule has 56 valence electrons. The van der Waals surface area contributed by atoms with E-state index >= 15 is 0 Å². The standard InChI is InChI=1S/C8H9N3/c1-3-7-5-10-8(11-9)4-6(7)2/h1,4-5H,9H2,2H3,(H,10,11). The van der Waals surface area contributed by atoms with Gasteiger partial charge in [-0.25, -0.2) is 10.8 Å². The number of aromatic nitrogens is 1. The van der Waals surface area contributed by atoms with E-state index in [2.05, 4.69) is 16.3 Å². The van der Waals surface area contributed by atoms with E-state index in [9.17, 15) is 0 Å². The molecule has 1 heterocycles. The summed E-state index contributed by atoms with van der Waals surface area (Å²) < 4.78 is 0. The van der Waals surface area contributed by atoms with Crippen LogP contribution in [0.3, 0.4) is 0 Å². The van der Waals surface area contributed by atoms with Crippen LogP contribution in [0.1, 0.15) is 11.1 Å². The first-order valence-electron chi connectivity index (χ1n) is 3.18. The summed E-state index contributed by atoms with van der Waals surface area (Å²) in [5.74, 6) is 8.29. The van der Waals surface area contributed by atoms with Crippen molar-refractivity contribution in [2.24, 2.45) is 5.84 Å². The Bertz CT molecular complexity index is 299. The molecule has 3 heteroatoms. The van der Waals surface area contributed by atoms with Crippen LogP contribution in [0.25, 0.3) is 0 Å². The van der Waals surface area contributed by atoms with Crippen molar-refractivity contribution < 1.29 is 0 Å². The molecule has 0 unspecified atom stereocenters. The molecule has 0 radical (unpaired) electrons. The van der Waals surface area contributed by atoms with Crippen molar-refractivity contribution in [1.82, 2.24) is 4.98 Å². The van der Waals surface area contributed by atoms with Crippen molar-refractivity contribution in [2.45, 2.75) is 6.92 Å². The predicted octanol–water partition coefficient (Wildman–Crippen LogP) is 0.657. The van der Waals surface area contributed by atoms with Gasteiger partial charge in [-0.3, -0.25) is 0 Å². The molecular formula is C8H9N3. The number of anilines is 1. The number of pyridine rings is 1. The number of nitrogen functional groups attached to an aromatic ring is 1. The maximum absolute atomic E-state index is 5.20. The third kappa shape index (κ3) is 1.48. The average molecular weight is 147 g/mol. The van der Waals surface area contributed by atoms with Crippen molar-refractivity contribution in [3.05, 3.63) is 23.4 Å². The number of aryl methyl sites for hydroxylation is 1. The van der Waals surface area contributed by atoms with Crippen molar-refractivity contribution >= 4 is 5.82 Å². The van der Waals surface area contributed by atoms with Crippen LogP contribution < -0.4 is 11.3 Å². The van der Waals surface area contributed by atoms with Gasteiger partial charge in [0.05, 0.1) is 0 Å². The lowest BCUT2D eigenvalue weighted by atomic mass is 10.2. The average Bonchev–Trinajstić information content (AvgIpc) is 2.04. The van der Waals surface area contributed by atoms with E-state index in [4.69, 9.17) is 12.3 Å². The third-order valence-corrected chi connectivity index (χ3v) is 1.41. The maximum atomic E-state index is 5.20. The number of nitrogens with one attached hydrogen (secondary N) is 1.